The first-order valence-corrected chi connectivity index (χ1v) is 9.14. The molecule has 2 aromatic rings. The standard InChI is InChI=1S/C16H19N4O.2C2H6.K/c1-3-5-11-9-17-16-14(18-11)8-13(19-20-16)12-7-4-6-10(2)15(12)21;2*1-2;/h3-4,6-8,11,18,21H,5,9H2,1-2H3,(H,17,20);2*1-2H3;/q-1;;;+1. The molecule has 6 heteroatoms. The summed E-state index contributed by atoms with van der Waals surface area (Å²) in [6.07, 6.45) is 3.13. The van der Waals surface area contributed by atoms with Crippen molar-refractivity contribution in [1.82, 2.24) is 10.2 Å². The van der Waals surface area contributed by atoms with E-state index in [9.17, 15) is 5.11 Å². The van der Waals surface area contributed by atoms with Gasteiger partial charge in [0.15, 0.2) is 5.82 Å². The predicted molar refractivity (Wildman–Crippen MR) is 107 cm³/mol. The molecule has 0 radical (unpaired) electrons. The van der Waals surface area contributed by atoms with E-state index in [0.29, 0.717) is 17.3 Å². The van der Waals surface area contributed by atoms with Crippen molar-refractivity contribution in [3.63, 3.8) is 0 Å². The zero-order chi connectivity index (χ0) is 18.8. The molecular formula is C20H31KN4O. The molecule has 1 aromatic carbocycles. The number of phenolic OH excluding ortho intramolecular Hbond substituents is 1. The average Bonchev–Trinajstić information content (AvgIpc) is 2.67. The van der Waals surface area contributed by atoms with E-state index < -0.39 is 0 Å². The van der Waals surface area contributed by atoms with E-state index in [-0.39, 0.29) is 57.1 Å². The Hall–Kier alpha value is -0.664. The molecule has 0 saturated heterocycles. The first-order chi connectivity index (χ1) is 12.2. The number of rotatable bonds is 3. The minimum absolute atomic E-state index is 0. The van der Waals surface area contributed by atoms with Crippen molar-refractivity contribution in [3.8, 4) is 17.0 Å². The quantitative estimate of drug-likeness (QED) is 0.560. The molecule has 0 spiro atoms. The fraction of sp³-hybridized carbons (Fsp3) is 0.450. The Morgan fingerprint density at radius 3 is 2.54 bits per heavy atom. The molecule has 1 aromatic heterocycles. The van der Waals surface area contributed by atoms with E-state index >= 15 is 0 Å². The summed E-state index contributed by atoms with van der Waals surface area (Å²) < 4.78 is 0. The van der Waals surface area contributed by atoms with Gasteiger partial charge in [0.1, 0.15) is 5.75 Å². The Morgan fingerprint density at radius 2 is 1.88 bits per heavy atom. The summed E-state index contributed by atoms with van der Waals surface area (Å²) in [5, 5.41) is 25.4. The molecule has 0 saturated carbocycles. The molecule has 2 heterocycles. The molecule has 0 aliphatic carbocycles. The summed E-state index contributed by atoms with van der Waals surface area (Å²) >= 11 is 0. The number of aromatic hydroxyl groups is 1. The minimum Gasteiger partial charge on any atom is -0.507 e. The number of anilines is 2. The van der Waals surface area contributed by atoms with Crippen LogP contribution >= 0.6 is 0 Å². The fourth-order valence-corrected chi connectivity index (χ4v) is 2.55. The Balaban J connectivity index is 0.00000117. The number of nitrogens with one attached hydrogen (secondary N) is 2. The van der Waals surface area contributed by atoms with Gasteiger partial charge in [0.2, 0.25) is 0 Å². The molecule has 1 aliphatic heterocycles. The number of para-hydroxylation sites is 1. The van der Waals surface area contributed by atoms with Gasteiger partial charge in [0, 0.05) is 18.2 Å². The van der Waals surface area contributed by atoms with Crippen LogP contribution in [0.3, 0.4) is 0 Å². The van der Waals surface area contributed by atoms with Crippen LogP contribution in [0.1, 0.15) is 46.6 Å². The Kier molecular flexibility index (Phi) is 13.2. The van der Waals surface area contributed by atoms with Crippen LogP contribution in [0, 0.1) is 13.3 Å². The van der Waals surface area contributed by atoms with Gasteiger partial charge in [-0.25, -0.2) is 0 Å². The van der Waals surface area contributed by atoms with E-state index in [1.165, 1.54) is 0 Å². The van der Waals surface area contributed by atoms with Gasteiger partial charge >= 0.3 is 51.4 Å². The van der Waals surface area contributed by atoms with Gasteiger partial charge in [0.05, 0.1) is 11.4 Å². The second kappa shape index (κ2) is 13.5. The Morgan fingerprint density at radius 1 is 1.19 bits per heavy atom. The van der Waals surface area contributed by atoms with Crippen molar-refractivity contribution in [2.45, 2.75) is 54.0 Å². The van der Waals surface area contributed by atoms with Crippen LogP contribution in [0.25, 0.3) is 11.3 Å². The molecule has 0 amide bonds. The minimum atomic E-state index is 0. The van der Waals surface area contributed by atoms with E-state index in [0.717, 1.165) is 30.0 Å². The van der Waals surface area contributed by atoms with Crippen molar-refractivity contribution in [1.29, 1.82) is 0 Å². The summed E-state index contributed by atoms with van der Waals surface area (Å²) in [6.45, 7) is 12.8. The molecular weight excluding hydrogens is 351 g/mol. The molecule has 5 nitrogen and oxygen atoms in total. The normalized spacial score (nSPS) is 14.0. The summed E-state index contributed by atoms with van der Waals surface area (Å²) in [6, 6.07) is 7.92. The van der Waals surface area contributed by atoms with Crippen molar-refractivity contribution < 1.29 is 56.5 Å². The van der Waals surface area contributed by atoms with Gasteiger partial charge < -0.3 is 22.2 Å². The maximum atomic E-state index is 10.2. The third kappa shape index (κ3) is 6.50. The first-order valence-electron chi connectivity index (χ1n) is 9.14. The SMILES string of the molecule is CC.CC.C[CH-]CC1CNc2nnc(-c3cccc(C)c3O)cc2N1.[K+]. The molecule has 0 bridgehead atoms. The van der Waals surface area contributed by atoms with Crippen LogP contribution in [-0.4, -0.2) is 27.9 Å². The van der Waals surface area contributed by atoms with Crippen LogP contribution < -0.4 is 62.0 Å². The summed E-state index contributed by atoms with van der Waals surface area (Å²) in [5.74, 6) is 1.02. The fourth-order valence-electron chi connectivity index (χ4n) is 2.55. The summed E-state index contributed by atoms with van der Waals surface area (Å²) in [5.41, 5.74) is 3.14. The smallest absolute Gasteiger partial charge is 0.507 e. The van der Waals surface area contributed by atoms with Crippen LogP contribution in [0.15, 0.2) is 24.3 Å². The number of nitrogens with zero attached hydrogens (tertiary/aromatic N) is 2. The van der Waals surface area contributed by atoms with Gasteiger partial charge in [-0.05, 0) is 24.6 Å². The zero-order valence-corrected chi connectivity index (χ0v) is 20.3. The molecule has 3 rings (SSSR count). The Bertz CT molecular complexity index is 664. The number of hydrogen-bond donors (Lipinski definition) is 3. The van der Waals surface area contributed by atoms with Crippen LogP contribution in [0.5, 0.6) is 5.75 Å². The third-order valence-electron chi connectivity index (χ3n) is 3.70. The third-order valence-corrected chi connectivity index (χ3v) is 3.70. The number of hydrogen-bond acceptors (Lipinski definition) is 5. The van der Waals surface area contributed by atoms with Gasteiger partial charge in [-0.15, -0.1) is 10.2 Å². The van der Waals surface area contributed by atoms with E-state index in [4.69, 9.17) is 0 Å². The molecule has 0 fully saturated rings. The van der Waals surface area contributed by atoms with Gasteiger partial charge in [-0.1, -0.05) is 39.8 Å². The van der Waals surface area contributed by atoms with Crippen molar-refractivity contribution in [2.75, 3.05) is 17.2 Å². The Labute approximate surface area is 200 Å². The van der Waals surface area contributed by atoms with Crippen LogP contribution in [-0.2, 0) is 0 Å². The molecule has 3 N–H and O–H groups in total. The molecule has 1 atom stereocenters. The predicted octanol–water partition coefficient (Wildman–Crippen LogP) is 2.03. The molecule has 1 unspecified atom stereocenters. The van der Waals surface area contributed by atoms with E-state index in [2.05, 4.69) is 34.2 Å². The number of benzene rings is 1. The maximum absolute atomic E-state index is 10.2. The van der Waals surface area contributed by atoms with Crippen molar-refractivity contribution >= 4 is 11.5 Å². The molecule has 138 valence electrons. The first kappa shape index (κ1) is 25.3. The topological polar surface area (TPSA) is 70.1 Å². The van der Waals surface area contributed by atoms with Crippen molar-refractivity contribution in [3.05, 3.63) is 36.2 Å². The monoisotopic (exact) mass is 382 g/mol. The van der Waals surface area contributed by atoms with Gasteiger partial charge in [-0.3, -0.25) is 0 Å². The molecule has 1 aliphatic rings. The van der Waals surface area contributed by atoms with Crippen LogP contribution in [0.4, 0.5) is 11.5 Å². The van der Waals surface area contributed by atoms with E-state index in [1.54, 1.807) is 0 Å². The van der Waals surface area contributed by atoms with Crippen LogP contribution in [0.2, 0.25) is 0 Å². The molecule has 26 heavy (non-hydrogen) atoms. The second-order valence-electron chi connectivity index (χ2n) is 5.33. The van der Waals surface area contributed by atoms with Gasteiger partial charge in [0.25, 0.3) is 0 Å². The van der Waals surface area contributed by atoms with Crippen molar-refractivity contribution in [2.24, 2.45) is 0 Å². The van der Waals surface area contributed by atoms with Gasteiger partial charge in [-0.2, -0.15) is 13.3 Å². The second-order valence-corrected chi connectivity index (χ2v) is 5.33. The number of aryl methyl sites for hydroxylation is 1. The largest absolute Gasteiger partial charge is 1.00 e. The summed E-state index contributed by atoms with van der Waals surface area (Å²) in [7, 11) is 0. The number of fused-ring (bicyclic) bond motifs is 1. The zero-order valence-electron chi connectivity index (χ0n) is 17.2. The average molecular weight is 383 g/mol. The van der Waals surface area contributed by atoms with E-state index in [1.807, 2.05) is 58.9 Å². The maximum Gasteiger partial charge on any atom is 1.00 e. The number of phenols is 1. The number of aromatic nitrogens is 2. The summed E-state index contributed by atoms with van der Waals surface area (Å²) in [4.78, 5) is 0.